The van der Waals surface area contributed by atoms with Crippen LogP contribution in [0.15, 0.2) is 72.9 Å². The number of hydrogen-bond donors (Lipinski definition) is 1. The first-order valence-corrected chi connectivity index (χ1v) is 11.0. The first kappa shape index (κ1) is 22.8. The molecule has 0 aliphatic heterocycles. The molecule has 0 radical (unpaired) electrons. The number of halogens is 3. The van der Waals surface area contributed by atoms with Gasteiger partial charge in [0.1, 0.15) is 6.10 Å². The minimum Gasteiger partial charge on any atom is -0.474 e. The zero-order valence-corrected chi connectivity index (χ0v) is 18.0. The maximum absolute atomic E-state index is 12.6. The molecule has 4 nitrogen and oxygen atoms in total. The summed E-state index contributed by atoms with van der Waals surface area (Å²) in [5, 5.41) is 3.09. The van der Waals surface area contributed by atoms with Crippen LogP contribution in [-0.4, -0.2) is 23.0 Å². The molecule has 2 aromatic carbocycles. The van der Waals surface area contributed by atoms with Crippen LogP contribution in [0.2, 0.25) is 0 Å². The van der Waals surface area contributed by atoms with E-state index in [0.29, 0.717) is 19.3 Å². The van der Waals surface area contributed by atoms with Crippen molar-refractivity contribution in [2.45, 2.75) is 50.4 Å². The lowest BCUT2D eigenvalue weighted by Gasteiger charge is -2.29. The van der Waals surface area contributed by atoms with E-state index < -0.39 is 11.7 Å². The fraction of sp³-hybridized carbons (Fsp3) is 0.308. The molecule has 4 rings (SSSR count). The van der Waals surface area contributed by atoms with Gasteiger partial charge in [-0.05, 0) is 48.4 Å². The Morgan fingerprint density at radius 1 is 0.909 bits per heavy atom. The van der Waals surface area contributed by atoms with Crippen molar-refractivity contribution in [1.29, 1.82) is 0 Å². The maximum Gasteiger partial charge on any atom is 0.417 e. The summed E-state index contributed by atoms with van der Waals surface area (Å²) in [5.41, 5.74) is 2.41. The van der Waals surface area contributed by atoms with E-state index in [2.05, 4.69) is 22.4 Å². The van der Waals surface area contributed by atoms with Gasteiger partial charge in [0.25, 0.3) is 0 Å². The fourth-order valence-corrected chi connectivity index (χ4v) is 4.02. The molecule has 1 saturated carbocycles. The molecule has 1 N–H and O–H groups in total. The molecular weight excluding hydrogens is 429 g/mol. The zero-order valence-electron chi connectivity index (χ0n) is 18.0. The summed E-state index contributed by atoms with van der Waals surface area (Å²) < 4.78 is 43.6. The van der Waals surface area contributed by atoms with E-state index in [-0.39, 0.29) is 23.9 Å². The highest BCUT2D eigenvalue weighted by Crippen LogP contribution is 2.30. The molecule has 0 spiro atoms. The maximum atomic E-state index is 12.6. The van der Waals surface area contributed by atoms with E-state index in [9.17, 15) is 18.0 Å². The second-order valence-corrected chi connectivity index (χ2v) is 8.28. The number of carbonyl (C=O) groups is 1. The first-order chi connectivity index (χ1) is 15.9. The molecule has 0 bridgehead atoms. The van der Waals surface area contributed by atoms with Crippen LogP contribution < -0.4 is 10.1 Å². The van der Waals surface area contributed by atoms with Crippen LogP contribution in [0.4, 0.5) is 13.2 Å². The second kappa shape index (κ2) is 10.1. The smallest absolute Gasteiger partial charge is 0.417 e. The van der Waals surface area contributed by atoms with E-state index in [4.69, 9.17) is 4.74 Å². The van der Waals surface area contributed by atoms with Crippen LogP contribution in [0.25, 0.3) is 11.1 Å². The van der Waals surface area contributed by atoms with Gasteiger partial charge < -0.3 is 10.1 Å². The van der Waals surface area contributed by atoms with Crippen molar-refractivity contribution in [1.82, 2.24) is 10.3 Å². The lowest BCUT2D eigenvalue weighted by Crippen LogP contribution is -2.40. The van der Waals surface area contributed by atoms with Gasteiger partial charge in [-0.3, -0.25) is 4.79 Å². The molecule has 33 heavy (non-hydrogen) atoms. The SMILES string of the molecule is O=C(Cc1ccc(-c2ccccc2)cc1)NC1CCC(Oc2ccc(C(F)(F)F)cn2)CC1. The molecule has 1 aromatic heterocycles. The molecule has 1 aliphatic rings. The number of aromatic nitrogens is 1. The highest BCUT2D eigenvalue weighted by Gasteiger charge is 2.31. The number of amides is 1. The highest BCUT2D eigenvalue weighted by molar-refractivity contribution is 5.79. The van der Waals surface area contributed by atoms with Gasteiger partial charge in [-0.2, -0.15) is 13.2 Å². The van der Waals surface area contributed by atoms with E-state index in [1.165, 1.54) is 6.07 Å². The number of benzene rings is 2. The number of nitrogens with one attached hydrogen (secondary N) is 1. The Labute approximate surface area is 190 Å². The van der Waals surface area contributed by atoms with Crippen molar-refractivity contribution in [3.05, 3.63) is 84.1 Å². The number of carbonyl (C=O) groups excluding carboxylic acids is 1. The molecule has 172 valence electrons. The van der Waals surface area contributed by atoms with Crippen molar-refractivity contribution in [3.63, 3.8) is 0 Å². The van der Waals surface area contributed by atoms with Gasteiger partial charge in [0, 0.05) is 18.3 Å². The molecule has 0 atom stereocenters. The highest BCUT2D eigenvalue weighted by atomic mass is 19.4. The average Bonchev–Trinajstić information content (AvgIpc) is 2.81. The third-order valence-corrected chi connectivity index (χ3v) is 5.82. The summed E-state index contributed by atoms with van der Waals surface area (Å²) in [6.45, 7) is 0. The van der Waals surface area contributed by atoms with Crippen LogP contribution in [0.3, 0.4) is 0 Å². The summed E-state index contributed by atoms with van der Waals surface area (Å²) in [6, 6.07) is 20.4. The monoisotopic (exact) mass is 454 g/mol. The molecular formula is C26H25F3N2O2. The Morgan fingerprint density at radius 3 is 2.18 bits per heavy atom. The van der Waals surface area contributed by atoms with E-state index in [1.807, 2.05) is 42.5 Å². The Hall–Kier alpha value is -3.35. The normalized spacial score (nSPS) is 18.5. The van der Waals surface area contributed by atoms with Crippen molar-refractivity contribution < 1.29 is 22.7 Å². The van der Waals surface area contributed by atoms with Crippen molar-refractivity contribution in [3.8, 4) is 17.0 Å². The predicted octanol–water partition coefficient (Wildman–Crippen LogP) is 5.82. The molecule has 1 amide bonds. The zero-order chi connectivity index (χ0) is 23.3. The topological polar surface area (TPSA) is 51.2 Å². The standard InChI is InChI=1S/C26H25F3N2O2/c27-26(28,29)21-10-15-25(30-17-21)33-23-13-11-22(12-14-23)31-24(32)16-18-6-8-20(9-7-18)19-4-2-1-3-5-19/h1-10,15,17,22-23H,11-14,16H2,(H,31,32). The molecule has 0 saturated heterocycles. The molecule has 0 unspecified atom stereocenters. The number of alkyl halides is 3. The Morgan fingerprint density at radius 2 is 1.58 bits per heavy atom. The predicted molar refractivity (Wildman–Crippen MR) is 120 cm³/mol. The van der Waals surface area contributed by atoms with Crippen LogP contribution in [0, 0.1) is 0 Å². The number of ether oxygens (including phenoxy) is 1. The lowest BCUT2D eigenvalue weighted by atomic mass is 9.92. The van der Waals surface area contributed by atoms with E-state index in [1.54, 1.807) is 0 Å². The second-order valence-electron chi connectivity index (χ2n) is 8.28. The quantitative estimate of drug-likeness (QED) is 0.511. The number of nitrogens with zero attached hydrogens (tertiary/aromatic N) is 1. The Kier molecular flexibility index (Phi) is 6.96. The lowest BCUT2D eigenvalue weighted by molar-refractivity contribution is -0.137. The number of hydrogen-bond acceptors (Lipinski definition) is 3. The third-order valence-electron chi connectivity index (χ3n) is 5.82. The van der Waals surface area contributed by atoms with Gasteiger partial charge in [-0.15, -0.1) is 0 Å². The third kappa shape index (κ3) is 6.34. The van der Waals surface area contributed by atoms with Crippen LogP contribution in [-0.2, 0) is 17.4 Å². The molecule has 1 heterocycles. The molecule has 7 heteroatoms. The van der Waals surface area contributed by atoms with Gasteiger partial charge in [0.2, 0.25) is 11.8 Å². The first-order valence-electron chi connectivity index (χ1n) is 11.0. The van der Waals surface area contributed by atoms with Gasteiger partial charge in [0.15, 0.2) is 0 Å². The largest absolute Gasteiger partial charge is 0.474 e. The van der Waals surface area contributed by atoms with Gasteiger partial charge >= 0.3 is 6.18 Å². The summed E-state index contributed by atoms with van der Waals surface area (Å²) in [6.07, 6.45) is -0.500. The van der Waals surface area contributed by atoms with Gasteiger partial charge in [0.05, 0.1) is 12.0 Å². The fourth-order valence-electron chi connectivity index (χ4n) is 4.02. The molecule has 1 aliphatic carbocycles. The summed E-state index contributed by atoms with van der Waals surface area (Å²) >= 11 is 0. The van der Waals surface area contributed by atoms with Crippen LogP contribution in [0.1, 0.15) is 36.8 Å². The van der Waals surface area contributed by atoms with Crippen LogP contribution >= 0.6 is 0 Å². The molecule has 1 fully saturated rings. The summed E-state index contributed by atoms with van der Waals surface area (Å²) in [4.78, 5) is 16.2. The van der Waals surface area contributed by atoms with Gasteiger partial charge in [-0.25, -0.2) is 4.98 Å². The number of rotatable bonds is 6. The van der Waals surface area contributed by atoms with Crippen molar-refractivity contribution in [2.75, 3.05) is 0 Å². The van der Waals surface area contributed by atoms with Crippen LogP contribution in [0.5, 0.6) is 5.88 Å². The van der Waals surface area contributed by atoms with E-state index in [0.717, 1.165) is 41.8 Å². The Bertz CT molecular complexity index is 1040. The minimum absolute atomic E-state index is 0.0174. The summed E-state index contributed by atoms with van der Waals surface area (Å²) in [7, 11) is 0. The van der Waals surface area contributed by atoms with Crippen molar-refractivity contribution >= 4 is 5.91 Å². The molecule has 3 aromatic rings. The van der Waals surface area contributed by atoms with Crippen molar-refractivity contribution in [2.24, 2.45) is 0 Å². The minimum atomic E-state index is -4.41. The number of pyridine rings is 1. The summed E-state index contributed by atoms with van der Waals surface area (Å²) in [5.74, 6) is 0.172. The Balaban J connectivity index is 1.21. The average molecular weight is 454 g/mol. The van der Waals surface area contributed by atoms with Gasteiger partial charge in [-0.1, -0.05) is 54.6 Å². The van der Waals surface area contributed by atoms with E-state index >= 15 is 0 Å².